The Hall–Kier alpha value is -2.96. The van der Waals surface area contributed by atoms with E-state index in [9.17, 15) is 14.9 Å². The number of nitrogens with zero attached hydrogens (tertiary/aromatic N) is 2. The molecule has 7 heteroatoms. The van der Waals surface area contributed by atoms with Crippen LogP contribution in [0.2, 0.25) is 0 Å². The number of nitro benzene ring substituents is 1. The number of carboxylic acids is 1. The fourth-order valence-electron chi connectivity index (χ4n) is 1.87. The van der Waals surface area contributed by atoms with Gasteiger partial charge < -0.3 is 10.4 Å². The number of hydrogen-bond donors (Lipinski definition) is 2. The summed E-state index contributed by atoms with van der Waals surface area (Å²) in [7, 11) is 0. The van der Waals surface area contributed by atoms with Crippen molar-refractivity contribution in [3.63, 3.8) is 0 Å². The lowest BCUT2D eigenvalue weighted by Gasteiger charge is -2.11. The number of carboxylic acid groups (broad SMARTS) is 1. The maximum atomic E-state index is 11.2. The molecule has 108 valence electrons. The summed E-state index contributed by atoms with van der Waals surface area (Å²) >= 11 is 0. The second kappa shape index (κ2) is 6.00. The summed E-state index contributed by atoms with van der Waals surface area (Å²) in [6, 6.07) is 5.43. The SMILES string of the molecule is Cc1cnccc1CNc1cc([N+](=O)[O-])ccc1C(=O)O. The molecule has 7 nitrogen and oxygen atoms in total. The molecule has 1 aromatic heterocycles. The molecule has 0 bridgehead atoms. The van der Waals surface area contributed by atoms with Crippen LogP contribution in [0, 0.1) is 17.0 Å². The Bertz CT molecular complexity index is 700. The van der Waals surface area contributed by atoms with Gasteiger partial charge in [0, 0.05) is 31.1 Å². The van der Waals surface area contributed by atoms with Gasteiger partial charge in [0.2, 0.25) is 0 Å². The van der Waals surface area contributed by atoms with Crippen LogP contribution in [0.5, 0.6) is 0 Å². The first-order valence-corrected chi connectivity index (χ1v) is 6.14. The number of hydrogen-bond acceptors (Lipinski definition) is 5. The van der Waals surface area contributed by atoms with E-state index < -0.39 is 10.9 Å². The first kappa shape index (κ1) is 14.4. The van der Waals surface area contributed by atoms with Crippen LogP contribution < -0.4 is 5.32 Å². The third-order valence-electron chi connectivity index (χ3n) is 3.05. The van der Waals surface area contributed by atoms with Crippen LogP contribution in [0.1, 0.15) is 21.5 Å². The molecular formula is C14H13N3O4. The Morgan fingerprint density at radius 3 is 2.81 bits per heavy atom. The predicted molar refractivity (Wildman–Crippen MR) is 76.4 cm³/mol. The zero-order valence-corrected chi connectivity index (χ0v) is 11.2. The first-order valence-electron chi connectivity index (χ1n) is 6.14. The molecule has 2 N–H and O–H groups in total. The average molecular weight is 287 g/mol. The van der Waals surface area contributed by atoms with Gasteiger partial charge in [-0.05, 0) is 30.2 Å². The van der Waals surface area contributed by atoms with Gasteiger partial charge in [0.1, 0.15) is 0 Å². The highest BCUT2D eigenvalue weighted by Gasteiger charge is 2.15. The number of nitrogens with one attached hydrogen (secondary N) is 1. The number of nitro groups is 1. The molecule has 0 amide bonds. The van der Waals surface area contributed by atoms with Gasteiger partial charge in [-0.15, -0.1) is 0 Å². The molecule has 2 rings (SSSR count). The summed E-state index contributed by atoms with van der Waals surface area (Å²) in [5.41, 5.74) is 1.94. The monoisotopic (exact) mass is 287 g/mol. The van der Waals surface area contributed by atoms with E-state index in [1.807, 2.05) is 6.92 Å². The number of anilines is 1. The number of aromatic carboxylic acids is 1. The average Bonchev–Trinajstić information content (AvgIpc) is 2.46. The Morgan fingerprint density at radius 1 is 1.43 bits per heavy atom. The standard InChI is InChI=1S/C14H13N3O4/c1-9-7-15-5-4-10(9)8-16-13-6-11(17(20)21)2-3-12(13)14(18)19/h2-7,16H,8H2,1H3,(H,18,19). The molecule has 0 aliphatic heterocycles. The van der Waals surface area contributed by atoms with Crippen LogP contribution in [-0.4, -0.2) is 21.0 Å². The summed E-state index contributed by atoms with van der Waals surface area (Å²) in [6.45, 7) is 2.24. The molecule has 1 heterocycles. The van der Waals surface area contributed by atoms with Crippen molar-refractivity contribution < 1.29 is 14.8 Å². The van der Waals surface area contributed by atoms with Crippen LogP contribution in [0.4, 0.5) is 11.4 Å². The van der Waals surface area contributed by atoms with Crippen LogP contribution >= 0.6 is 0 Å². The number of carbonyl (C=O) groups is 1. The minimum atomic E-state index is -1.14. The molecule has 0 aliphatic carbocycles. The van der Waals surface area contributed by atoms with Gasteiger partial charge in [-0.1, -0.05) is 0 Å². The van der Waals surface area contributed by atoms with Crippen molar-refractivity contribution in [2.45, 2.75) is 13.5 Å². The molecule has 1 aromatic carbocycles. The lowest BCUT2D eigenvalue weighted by molar-refractivity contribution is -0.384. The minimum absolute atomic E-state index is 0.00712. The lowest BCUT2D eigenvalue weighted by atomic mass is 10.1. The van der Waals surface area contributed by atoms with E-state index in [-0.39, 0.29) is 16.9 Å². The molecule has 0 saturated carbocycles. The van der Waals surface area contributed by atoms with E-state index in [0.29, 0.717) is 6.54 Å². The summed E-state index contributed by atoms with van der Waals surface area (Å²) in [4.78, 5) is 25.4. The first-order chi connectivity index (χ1) is 9.99. The van der Waals surface area contributed by atoms with Gasteiger partial charge in [0.15, 0.2) is 0 Å². The van der Waals surface area contributed by atoms with Gasteiger partial charge in [0.05, 0.1) is 16.2 Å². The van der Waals surface area contributed by atoms with Crippen LogP contribution in [0.15, 0.2) is 36.7 Å². The summed E-state index contributed by atoms with van der Waals surface area (Å²) in [6.07, 6.45) is 3.33. The van der Waals surface area contributed by atoms with Crippen molar-refractivity contribution in [1.82, 2.24) is 4.98 Å². The molecule has 0 aliphatic rings. The highest BCUT2D eigenvalue weighted by atomic mass is 16.6. The molecular weight excluding hydrogens is 274 g/mol. The lowest BCUT2D eigenvalue weighted by Crippen LogP contribution is -2.08. The van der Waals surface area contributed by atoms with Crippen molar-refractivity contribution >= 4 is 17.3 Å². The van der Waals surface area contributed by atoms with Crippen molar-refractivity contribution in [2.24, 2.45) is 0 Å². The van der Waals surface area contributed by atoms with E-state index in [4.69, 9.17) is 5.11 Å². The van der Waals surface area contributed by atoms with Gasteiger partial charge in [0.25, 0.3) is 5.69 Å². The zero-order valence-electron chi connectivity index (χ0n) is 11.2. The van der Waals surface area contributed by atoms with E-state index >= 15 is 0 Å². The highest BCUT2D eigenvalue weighted by molar-refractivity contribution is 5.94. The fourth-order valence-corrected chi connectivity index (χ4v) is 1.87. The fraction of sp³-hybridized carbons (Fsp3) is 0.143. The molecule has 0 spiro atoms. The normalized spacial score (nSPS) is 10.1. The van der Waals surface area contributed by atoms with Gasteiger partial charge in [-0.3, -0.25) is 15.1 Å². The molecule has 0 unspecified atom stereocenters. The molecule has 2 aromatic rings. The zero-order chi connectivity index (χ0) is 15.4. The number of rotatable bonds is 5. The maximum absolute atomic E-state index is 11.2. The minimum Gasteiger partial charge on any atom is -0.478 e. The van der Waals surface area contributed by atoms with Crippen molar-refractivity contribution in [2.75, 3.05) is 5.32 Å². The number of aromatic nitrogens is 1. The Morgan fingerprint density at radius 2 is 2.19 bits per heavy atom. The quantitative estimate of drug-likeness (QED) is 0.646. The second-order valence-corrected chi connectivity index (χ2v) is 4.45. The van der Waals surface area contributed by atoms with E-state index in [2.05, 4.69) is 10.3 Å². The van der Waals surface area contributed by atoms with Crippen LogP contribution in [0.3, 0.4) is 0 Å². The van der Waals surface area contributed by atoms with Gasteiger partial charge >= 0.3 is 5.97 Å². The van der Waals surface area contributed by atoms with Crippen molar-refractivity contribution in [3.8, 4) is 0 Å². The Kier molecular flexibility index (Phi) is 4.13. The number of pyridine rings is 1. The number of non-ortho nitro benzene ring substituents is 1. The molecule has 0 saturated heterocycles. The van der Waals surface area contributed by atoms with E-state index in [0.717, 1.165) is 11.1 Å². The Labute approximate surface area is 120 Å². The Balaban J connectivity index is 2.29. The molecule has 0 radical (unpaired) electrons. The topological polar surface area (TPSA) is 105 Å². The van der Waals surface area contributed by atoms with Crippen LogP contribution in [0.25, 0.3) is 0 Å². The summed E-state index contributed by atoms with van der Waals surface area (Å²) < 4.78 is 0. The number of aryl methyl sites for hydroxylation is 1. The number of benzene rings is 1. The summed E-state index contributed by atoms with van der Waals surface area (Å²) in [5, 5.41) is 22.8. The predicted octanol–water partition coefficient (Wildman–Crippen LogP) is 2.61. The third kappa shape index (κ3) is 3.33. The smallest absolute Gasteiger partial charge is 0.337 e. The molecule has 0 atom stereocenters. The maximum Gasteiger partial charge on any atom is 0.337 e. The highest BCUT2D eigenvalue weighted by Crippen LogP contribution is 2.23. The summed E-state index contributed by atoms with van der Waals surface area (Å²) in [5.74, 6) is -1.14. The molecule has 21 heavy (non-hydrogen) atoms. The van der Waals surface area contributed by atoms with Crippen molar-refractivity contribution in [3.05, 3.63) is 63.5 Å². The van der Waals surface area contributed by atoms with Gasteiger partial charge in [-0.2, -0.15) is 0 Å². The largest absolute Gasteiger partial charge is 0.478 e. The van der Waals surface area contributed by atoms with E-state index in [1.54, 1.807) is 18.5 Å². The van der Waals surface area contributed by atoms with Crippen LogP contribution in [-0.2, 0) is 6.54 Å². The van der Waals surface area contributed by atoms with Crippen molar-refractivity contribution in [1.29, 1.82) is 0 Å². The van der Waals surface area contributed by atoms with E-state index in [1.165, 1.54) is 18.2 Å². The third-order valence-corrected chi connectivity index (χ3v) is 3.05. The molecule has 0 fully saturated rings. The second-order valence-electron chi connectivity index (χ2n) is 4.45. The van der Waals surface area contributed by atoms with Gasteiger partial charge in [-0.25, -0.2) is 4.79 Å².